The highest BCUT2D eigenvalue weighted by Crippen LogP contribution is 2.28. The molecule has 1 amide bonds. The van der Waals surface area contributed by atoms with Crippen molar-refractivity contribution in [2.24, 2.45) is 5.92 Å². The van der Waals surface area contributed by atoms with Crippen molar-refractivity contribution in [1.29, 1.82) is 0 Å². The first-order valence-corrected chi connectivity index (χ1v) is 9.79. The van der Waals surface area contributed by atoms with Crippen LogP contribution in [0, 0.1) is 5.92 Å². The maximum absolute atomic E-state index is 12.6. The summed E-state index contributed by atoms with van der Waals surface area (Å²) in [5.41, 5.74) is 1.75. The van der Waals surface area contributed by atoms with E-state index in [2.05, 4.69) is 26.1 Å². The predicted molar refractivity (Wildman–Crippen MR) is 107 cm³/mol. The molecule has 0 spiro atoms. The first kappa shape index (κ1) is 18.7. The minimum atomic E-state index is -0.0290. The molecule has 3 nitrogen and oxygen atoms in total. The monoisotopic (exact) mass is 440 g/mol. The Morgan fingerprint density at radius 1 is 1.16 bits per heavy atom. The SMILES string of the molecule is O=C(Nc1ccc(Br)cc1)C1CCCN(Cc2c(Cl)cccc2Cl)C1. The molecule has 1 unspecified atom stereocenters. The van der Waals surface area contributed by atoms with Gasteiger partial charge < -0.3 is 5.32 Å². The third kappa shape index (κ3) is 4.98. The molecule has 1 aliphatic heterocycles. The number of amides is 1. The standard InChI is InChI=1S/C19H19BrCl2N2O/c20-14-6-8-15(9-7-14)23-19(25)13-3-2-10-24(11-13)12-16-17(21)4-1-5-18(16)22/h1,4-9,13H,2-3,10-12H2,(H,23,25). The molecule has 1 fully saturated rings. The number of carbonyl (C=O) groups is 1. The summed E-state index contributed by atoms with van der Waals surface area (Å²) < 4.78 is 0.992. The van der Waals surface area contributed by atoms with Crippen LogP contribution in [0.4, 0.5) is 5.69 Å². The second-order valence-corrected chi connectivity index (χ2v) is 8.00. The second-order valence-electron chi connectivity index (χ2n) is 6.27. The molecule has 25 heavy (non-hydrogen) atoms. The van der Waals surface area contributed by atoms with E-state index in [0.29, 0.717) is 23.1 Å². The van der Waals surface area contributed by atoms with Crippen molar-refractivity contribution in [2.75, 3.05) is 18.4 Å². The fourth-order valence-corrected chi connectivity index (χ4v) is 3.88. The average molecular weight is 442 g/mol. The van der Waals surface area contributed by atoms with Crippen molar-refractivity contribution >= 4 is 50.7 Å². The first-order valence-electron chi connectivity index (χ1n) is 8.24. The van der Waals surface area contributed by atoms with Gasteiger partial charge in [-0.2, -0.15) is 0 Å². The highest BCUT2D eigenvalue weighted by atomic mass is 79.9. The smallest absolute Gasteiger partial charge is 0.228 e. The van der Waals surface area contributed by atoms with Crippen LogP contribution in [0.25, 0.3) is 0 Å². The fraction of sp³-hybridized carbons (Fsp3) is 0.316. The van der Waals surface area contributed by atoms with Crippen molar-refractivity contribution in [3.05, 3.63) is 62.5 Å². The van der Waals surface area contributed by atoms with Gasteiger partial charge in [0.25, 0.3) is 0 Å². The molecule has 6 heteroatoms. The quantitative estimate of drug-likeness (QED) is 0.668. The molecule has 3 rings (SSSR count). The van der Waals surface area contributed by atoms with E-state index in [1.54, 1.807) is 0 Å². The second kappa shape index (κ2) is 8.54. The molecule has 1 atom stereocenters. The number of rotatable bonds is 4. The molecule has 0 bridgehead atoms. The van der Waals surface area contributed by atoms with Gasteiger partial charge in [-0.3, -0.25) is 9.69 Å². The van der Waals surface area contributed by atoms with Crippen molar-refractivity contribution in [3.63, 3.8) is 0 Å². The molecule has 0 saturated carbocycles. The number of likely N-dealkylation sites (tertiary alicyclic amines) is 1. The van der Waals surface area contributed by atoms with E-state index in [1.165, 1.54) is 0 Å². The molecule has 2 aromatic rings. The maximum Gasteiger partial charge on any atom is 0.228 e. The summed E-state index contributed by atoms with van der Waals surface area (Å²) in [4.78, 5) is 14.8. The number of halogens is 3. The molecular formula is C19H19BrCl2N2O. The summed E-state index contributed by atoms with van der Waals surface area (Å²) in [5, 5.41) is 4.36. The van der Waals surface area contributed by atoms with Gasteiger partial charge in [0.05, 0.1) is 5.92 Å². The number of nitrogens with one attached hydrogen (secondary N) is 1. The van der Waals surface area contributed by atoms with E-state index in [1.807, 2.05) is 42.5 Å². The van der Waals surface area contributed by atoms with Crippen molar-refractivity contribution in [3.8, 4) is 0 Å². The van der Waals surface area contributed by atoms with Gasteiger partial charge in [-0.05, 0) is 55.8 Å². The predicted octanol–water partition coefficient (Wildman–Crippen LogP) is 5.61. The number of piperidine rings is 1. The average Bonchev–Trinajstić information content (AvgIpc) is 2.60. The van der Waals surface area contributed by atoms with Gasteiger partial charge in [-0.1, -0.05) is 45.2 Å². The summed E-state index contributed by atoms with van der Waals surface area (Å²) in [5.74, 6) is 0.0379. The van der Waals surface area contributed by atoms with Crippen LogP contribution in [-0.4, -0.2) is 23.9 Å². The zero-order valence-corrected chi connectivity index (χ0v) is 16.7. The molecule has 0 radical (unpaired) electrons. The molecule has 1 aliphatic rings. The zero-order valence-electron chi connectivity index (χ0n) is 13.6. The van der Waals surface area contributed by atoms with Crippen LogP contribution in [0.3, 0.4) is 0 Å². The maximum atomic E-state index is 12.6. The van der Waals surface area contributed by atoms with Crippen molar-refractivity contribution < 1.29 is 4.79 Å². The van der Waals surface area contributed by atoms with E-state index < -0.39 is 0 Å². The minimum Gasteiger partial charge on any atom is -0.326 e. The number of nitrogens with zero attached hydrogens (tertiary/aromatic N) is 1. The molecule has 132 valence electrons. The molecule has 0 aromatic heterocycles. The fourth-order valence-electron chi connectivity index (χ4n) is 3.10. The van der Waals surface area contributed by atoms with Gasteiger partial charge in [-0.15, -0.1) is 0 Å². The lowest BCUT2D eigenvalue weighted by atomic mass is 9.96. The lowest BCUT2D eigenvalue weighted by Crippen LogP contribution is -2.40. The van der Waals surface area contributed by atoms with Crippen LogP contribution in [0.15, 0.2) is 46.9 Å². The summed E-state index contributed by atoms with van der Waals surface area (Å²) in [6.45, 7) is 2.33. The summed E-state index contributed by atoms with van der Waals surface area (Å²) in [6.07, 6.45) is 1.88. The van der Waals surface area contributed by atoms with Crippen molar-refractivity contribution in [1.82, 2.24) is 4.90 Å². The van der Waals surface area contributed by atoms with E-state index in [0.717, 1.165) is 35.1 Å². The number of hydrogen-bond donors (Lipinski definition) is 1. The van der Waals surface area contributed by atoms with E-state index in [-0.39, 0.29) is 11.8 Å². The number of carbonyl (C=O) groups excluding carboxylic acids is 1. The molecule has 0 aliphatic carbocycles. The Labute approximate surface area is 166 Å². The Morgan fingerprint density at radius 3 is 2.52 bits per heavy atom. The molecule has 1 N–H and O–H groups in total. The third-order valence-electron chi connectivity index (χ3n) is 4.43. The Hall–Kier alpha value is -1.07. The Kier molecular flexibility index (Phi) is 6.39. The van der Waals surface area contributed by atoms with Crippen LogP contribution in [0.1, 0.15) is 18.4 Å². The summed E-state index contributed by atoms with van der Waals surface area (Å²) >= 11 is 15.9. The number of hydrogen-bond acceptors (Lipinski definition) is 2. The topological polar surface area (TPSA) is 32.3 Å². The van der Waals surface area contributed by atoms with Gasteiger partial charge in [0.15, 0.2) is 0 Å². The van der Waals surface area contributed by atoms with Crippen LogP contribution in [0.5, 0.6) is 0 Å². The molecule has 1 saturated heterocycles. The van der Waals surface area contributed by atoms with Gasteiger partial charge in [-0.25, -0.2) is 0 Å². The number of anilines is 1. The normalized spacial score (nSPS) is 18.1. The lowest BCUT2D eigenvalue weighted by Gasteiger charge is -2.32. The van der Waals surface area contributed by atoms with Crippen molar-refractivity contribution in [2.45, 2.75) is 19.4 Å². The van der Waals surface area contributed by atoms with Gasteiger partial charge >= 0.3 is 0 Å². The minimum absolute atomic E-state index is 0.0290. The van der Waals surface area contributed by atoms with Crippen LogP contribution in [-0.2, 0) is 11.3 Å². The lowest BCUT2D eigenvalue weighted by molar-refractivity contribution is -0.121. The van der Waals surface area contributed by atoms with Crippen LogP contribution in [0.2, 0.25) is 10.0 Å². The Bertz CT molecular complexity index is 731. The summed E-state index contributed by atoms with van der Waals surface area (Å²) in [6, 6.07) is 13.2. The number of benzene rings is 2. The summed E-state index contributed by atoms with van der Waals surface area (Å²) in [7, 11) is 0. The molecular weight excluding hydrogens is 423 g/mol. The van der Waals surface area contributed by atoms with Crippen LogP contribution >= 0.6 is 39.1 Å². The van der Waals surface area contributed by atoms with Crippen LogP contribution < -0.4 is 5.32 Å². The Morgan fingerprint density at radius 2 is 1.84 bits per heavy atom. The first-order chi connectivity index (χ1) is 12.0. The van der Waals surface area contributed by atoms with E-state index >= 15 is 0 Å². The zero-order chi connectivity index (χ0) is 17.8. The largest absolute Gasteiger partial charge is 0.326 e. The third-order valence-corrected chi connectivity index (χ3v) is 5.67. The molecule has 1 heterocycles. The molecule has 2 aromatic carbocycles. The van der Waals surface area contributed by atoms with E-state index in [4.69, 9.17) is 23.2 Å². The highest BCUT2D eigenvalue weighted by molar-refractivity contribution is 9.10. The van der Waals surface area contributed by atoms with Gasteiger partial charge in [0, 0.05) is 38.9 Å². The van der Waals surface area contributed by atoms with Gasteiger partial charge in [0.2, 0.25) is 5.91 Å². The highest BCUT2D eigenvalue weighted by Gasteiger charge is 2.26. The van der Waals surface area contributed by atoms with Gasteiger partial charge in [0.1, 0.15) is 0 Å². The Balaban J connectivity index is 1.62. The van der Waals surface area contributed by atoms with E-state index in [9.17, 15) is 4.79 Å².